The number of halogens is 2. The molecule has 0 saturated heterocycles. The van der Waals surface area contributed by atoms with E-state index in [1.54, 1.807) is 6.07 Å². The van der Waals surface area contributed by atoms with Gasteiger partial charge in [-0.15, -0.1) is 11.3 Å². The van der Waals surface area contributed by atoms with E-state index < -0.39 is 6.10 Å². The lowest BCUT2D eigenvalue weighted by Gasteiger charge is -2.10. The lowest BCUT2D eigenvalue weighted by molar-refractivity contribution is 0.174. The molecule has 0 aliphatic rings. The Morgan fingerprint density at radius 3 is 2.82 bits per heavy atom. The van der Waals surface area contributed by atoms with Crippen molar-refractivity contribution in [2.24, 2.45) is 0 Å². The molecule has 1 heterocycles. The van der Waals surface area contributed by atoms with Crippen LogP contribution in [0.2, 0.25) is 10.0 Å². The van der Waals surface area contributed by atoms with Crippen LogP contribution in [-0.4, -0.2) is 10.1 Å². The molecule has 5 heteroatoms. The fourth-order valence-corrected chi connectivity index (χ4v) is 2.61. The van der Waals surface area contributed by atoms with Crippen molar-refractivity contribution in [2.45, 2.75) is 19.4 Å². The molecule has 90 valence electrons. The molecule has 0 amide bonds. The topological polar surface area (TPSA) is 33.1 Å². The number of hydrogen-bond donors (Lipinski definition) is 1. The van der Waals surface area contributed by atoms with E-state index in [1.807, 2.05) is 24.4 Å². The van der Waals surface area contributed by atoms with Crippen molar-refractivity contribution in [1.82, 2.24) is 4.98 Å². The maximum absolute atomic E-state index is 10.0. The molecule has 1 N–H and O–H groups in total. The van der Waals surface area contributed by atoms with Crippen molar-refractivity contribution in [3.63, 3.8) is 0 Å². The first-order chi connectivity index (χ1) is 8.08. The van der Waals surface area contributed by atoms with Crippen LogP contribution in [0.15, 0.2) is 23.6 Å². The number of aryl methyl sites for hydroxylation is 1. The number of nitrogens with zero attached hydrogens (tertiary/aromatic N) is 1. The van der Waals surface area contributed by atoms with Gasteiger partial charge in [0.2, 0.25) is 0 Å². The monoisotopic (exact) mass is 287 g/mol. The minimum Gasteiger partial charge on any atom is -0.386 e. The summed E-state index contributed by atoms with van der Waals surface area (Å²) in [6.07, 6.45) is -0.223. The van der Waals surface area contributed by atoms with E-state index in [9.17, 15) is 5.11 Å². The number of aromatic nitrogens is 1. The van der Waals surface area contributed by atoms with Crippen molar-refractivity contribution in [3.05, 3.63) is 49.9 Å². The van der Waals surface area contributed by atoms with E-state index in [0.29, 0.717) is 22.2 Å². The Morgan fingerprint density at radius 1 is 1.41 bits per heavy atom. The van der Waals surface area contributed by atoms with E-state index >= 15 is 0 Å². The van der Waals surface area contributed by atoms with Gasteiger partial charge in [0.1, 0.15) is 6.10 Å². The van der Waals surface area contributed by atoms with E-state index in [1.165, 1.54) is 11.3 Å². The predicted molar refractivity (Wildman–Crippen MR) is 72.0 cm³/mol. The lowest BCUT2D eigenvalue weighted by atomic mass is 10.1. The number of thiazole rings is 1. The van der Waals surface area contributed by atoms with Crippen LogP contribution < -0.4 is 0 Å². The van der Waals surface area contributed by atoms with Crippen LogP contribution in [0.25, 0.3) is 0 Å². The van der Waals surface area contributed by atoms with Gasteiger partial charge in [-0.1, -0.05) is 35.3 Å². The summed E-state index contributed by atoms with van der Waals surface area (Å²) in [4.78, 5) is 4.25. The Kier molecular flexibility index (Phi) is 4.05. The van der Waals surface area contributed by atoms with Crippen LogP contribution in [0.5, 0.6) is 0 Å². The molecule has 0 saturated carbocycles. The normalized spacial score (nSPS) is 12.7. The van der Waals surface area contributed by atoms with Gasteiger partial charge in [0, 0.05) is 11.8 Å². The summed E-state index contributed by atoms with van der Waals surface area (Å²) >= 11 is 13.5. The molecule has 1 unspecified atom stereocenters. The maximum Gasteiger partial charge on any atom is 0.101 e. The van der Waals surface area contributed by atoms with Crippen molar-refractivity contribution in [2.75, 3.05) is 0 Å². The largest absolute Gasteiger partial charge is 0.386 e. The zero-order valence-electron chi connectivity index (χ0n) is 9.15. The molecule has 0 bridgehead atoms. The Hall–Kier alpha value is -0.610. The highest BCUT2D eigenvalue weighted by Gasteiger charge is 2.14. The number of rotatable bonds is 3. The number of aliphatic hydroxyl groups is 1. The molecule has 0 fully saturated rings. The summed E-state index contributed by atoms with van der Waals surface area (Å²) in [5, 5.41) is 13.9. The number of hydrogen-bond acceptors (Lipinski definition) is 3. The summed E-state index contributed by atoms with van der Waals surface area (Å²) in [5.74, 6) is 0. The molecule has 0 aliphatic carbocycles. The van der Waals surface area contributed by atoms with E-state index in [2.05, 4.69) is 4.98 Å². The molecule has 2 nitrogen and oxygen atoms in total. The van der Waals surface area contributed by atoms with Crippen molar-refractivity contribution < 1.29 is 5.11 Å². The highest BCUT2D eigenvalue weighted by molar-refractivity contribution is 7.09. The third-order valence-corrected chi connectivity index (χ3v) is 4.07. The fourth-order valence-electron chi connectivity index (χ4n) is 1.55. The lowest BCUT2D eigenvalue weighted by Crippen LogP contribution is -2.03. The van der Waals surface area contributed by atoms with Crippen LogP contribution in [0.3, 0.4) is 0 Å². The molecule has 2 rings (SSSR count). The third-order valence-electron chi connectivity index (χ3n) is 2.42. The average molecular weight is 288 g/mol. The zero-order valence-corrected chi connectivity index (χ0v) is 11.5. The molecule has 1 aromatic heterocycles. The molecular formula is C12H11Cl2NOS. The molecule has 1 aromatic carbocycles. The molecule has 17 heavy (non-hydrogen) atoms. The van der Waals surface area contributed by atoms with E-state index in [4.69, 9.17) is 23.2 Å². The summed E-state index contributed by atoms with van der Waals surface area (Å²) in [7, 11) is 0. The van der Waals surface area contributed by atoms with Gasteiger partial charge in [0.15, 0.2) is 0 Å². The molecular weight excluding hydrogens is 277 g/mol. The van der Waals surface area contributed by atoms with Gasteiger partial charge >= 0.3 is 0 Å². The van der Waals surface area contributed by atoms with Gasteiger partial charge in [0.05, 0.1) is 20.7 Å². The highest BCUT2D eigenvalue weighted by atomic mass is 35.5. The van der Waals surface area contributed by atoms with E-state index in [-0.39, 0.29) is 0 Å². The second-order valence-corrected chi connectivity index (χ2v) is 5.57. The summed E-state index contributed by atoms with van der Waals surface area (Å²) in [5.41, 5.74) is 1.51. The van der Waals surface area contributed by atoms with E-state index in [0.717, 1.165) is 10.6 Å². The molecule has 0 spiro atoms. The highest BCUT2D eigenvalue weighted by Crippen LogP contribution is 2.29. The SMILES string of the molecule is Cc1nc(C(O)Cc2cccc(Cl)c2Cl)cs1. The third kappa shape index (κ3) is 2.99. The van der Waals surface area contributed by atoms with Gasteiger partial charge in [-0.3, -0.25) is 0 Å². The van der Waals surface area contributed by atoms with Gasteiger partial charge in [-0.25, -0.2) is 4.98 Å². The van der Waals surface area contributed by atoms with Crippen molar-refractivity contribution in [3.8, 4) is 0 Å². The number of benzene rings is 1. The first kappa shape index (κ1) is 12.8. The zero-order chi connectivity index (χ0) is 12.4. The first-order valence-corrected chi connectivity index (χ1v) is 6.74. The van der Waals surface area contributed by atoms with Gasteiger partial charge in [0.25, 0.3) is 0 Å². The Morgan fingerprint density at radius 2 is 2.18 bits per heavy atom. The standard InChI is InChI=1S/C12H11Cl2NOS/c1-7-15-10(6-17-7)11(16)5-8-3-2-4-9(13)12(8)14/h2-4,6,11,16H,5H2,1H3. The maximum atomic E-state index is 10.0. The van der Waals surface area contributed by atoms with Crippen LogP contribution in [-0.2, 0) is 6.42 Å². The van der Waals surface area contributed by atoms with Gasteiger partial charge in [-0.05, 0) is 18.6 Å². The van der Waals surface area contributed by atoms with Crippen molar-refractivity contribution >= 4 is 34.5 Å². The summed E-state index contributed by atoms with van der Waals surface area (Å²) in [6, 6.07) is 5.41. The van der Waals surface area contributed by atoms with Crippen LogP contribution in [0.1, 0.15) is 22.4 Å². The minimum absolute atomic E-state index is 0.419. The molecule has 0 radical (unpaired) electrons. The average Bonchev–Trinajstić information content (AvgIpc) is 2.72. The Bertz CT molecular complexity index is 527. The minimum atomic E-state index is -0.643. The van der Waals surface area contributed by atoms with Crippen LogP contribution in [0, 0.1) is 6.92 Å². The first-order valence-electron chi connectivity index (χ1n) is 5.11. The number of aliphatic hydroxyl groups excluding tert-OH is 1. The second kappa shape index (κ2) is 5.36. The van der Waals surface area contributed by atoms with Gasteiger partial charge in [-0.2, -0.15) is 0 Å². The van der Waals surface area contributed by atoms with Crippen LogP contribution in [0.4, 0.5) is 0 Å². The quantitative estimate of drug-likeness (QED) is 0.924. The molecule has 1 atom stereocenters. The fraction of sp³-hybridized carbons (Fsp3) is 0.250. The summed E-state index contributed by atoms with van der Waals surface area (Å²) in [6.45, 7) is 1.91. The van der Waals surface area contributed by atoms with Gasteiger partial charge < -0.3 is 5.11 Å². The molecule has 0 aliphatic heterocycles. The Balaban J connectivity index is 2.18. The van der Waals surface area contributed by atoms with Crippen LogP contribution >= 0.6 is 34.5 Å². The van der Waals surface area contributed by atoms with Crippen molar-refractivity contribution in [1.29, 1.82) is 0 Å². The predicted octanol–water partition coefficient (Wildman–Crippen LogP) is 4.03. The summed E-state index contributed by atoms with van der Waals surface area (Å²) < 4.78 is 0. The molecule has 2 aromatic rings. The second-order valence-electron chi connectivity index (χ2n) is 3.72. The smallest absolute Gasteiger partial charge is 0.101 e. The Labute approximate surface area is 114 Å².